The minimum Gasteiger partial charge on any atom is -0.493 e. The summed E-state index contributed by atoms with van der Waals surface area (Å²) < 4.78 is 5.69. The van der Waals surface area contributed by atoms with E-state index in [-0.39, 0.29) is 5.91 Å². The molecule has 162 valence electrons. The molecule has 0 aliphatic carbocycles. The molecule has 1 aliphatic rings. The Balaban J connectivity index is 2.07. The van der Waals surface area contributed by atoms with Gasteiger partial charge >= 0.3 is 0 Å². The van der Waals surface area contributed by atoms with Crippen molar-refractivity contribution in [2.75, 3.05) is 6.61 Å². The fraction of sp³-hybridized carbons (Fsp3) is 0.400. The van der Waals surface area contributed by atoms with Crippen molar-refractivity contribution in [1.29, 1.82) is 5.26 Å². The van der Waals surface area contributed by atoms with Crippen molar-refractivity contribution in [3.05, 3.63) is 63.7 Å². The van der Waals surface area contributed by atoms with Crippen LogP contribution in [0.3, 0.4) is 0 Å². The number of amides is 2. The lowest BCUT2D eigenvalue weighted by Gasteiger charge is -2.39. The number of ether oxygens (including phenoxy) is 1. The number of hydrazine groups is 1. The van der Waals surface area contributed by atoms with Gasteiger partial charge in [-0.3, -0.25) is 9.59 Å². The molecule has 6 nitrogen and oxygen atoms in total. The Morgan fingerprint density at radius 3 is 2.32 bits per heavy atom. The Hall–Kier alpha value is -3.33. The fourth-order valence-corrected chi connectivity index (χ4v) is 3.93. The van der Waals surface area contributed by atoms with Gasteiger partial charge in [0.05, 0.1) is 12.1 Å². The van der Waals surface area contributed by atoms with Gasteiger partial charge in [0, 0.05) is 11.1 Å². The van der Waals surface area contributed by atoms with E-state index in [2.05, 4.69) is 0 Å². The molecule has 0 bridgehead atoms. The molecule has 3 rings (SSSR count). The van der Waals surface area contributed by atoms with Gasteiger partial charge in [-0.15, -0.1) is 5.01 Å². The minimum atomic E-state index is -0.802. The predicted octanol–water partition coefficient (Wildman–Crippen LogP) is 4.72. The molecule has 0 radical (unpaired) electrons. The van der Waals surface area contributed by atoms with Crippen LogP contribution >= 0.6 is 0 Å². The van der Waals surface area contributed by atoms with Gasteiger partial charge in [0.25, 0.3) is 11.8 Å². The SMILES string of the molecule is Cc1cccc(C(=O)N(N(C#N)C(=O)c2ccc3c(c2C)CCCO3)C(C)(C)C)c1C. The van der Waals surface area contributed by atoms with E-state index in [0.717, 1.165) is 45.9 Å². The van der Waals surface area contributed by atoms with Crippen molar-refractivity contribution in [2.24, 2.45) is 0 Å². The first-order valence-corrected chi connectivity index (χ1v) is 10.5. The van der Waals surface area contributed by atoms with E-state index in [4.69, 9.17) is 4.74 Å². The molecule has 0 N–H and O–H groups in total. The molecule has 1 heterocycles. The third-order valence-electron chi connectivity index (χ3n) is 5.76. The van der Waals surface area contributed by atoms with Crippen molar-refractivity contribution in [3.8, 4) is 11.9 Å². The van der Waals surface area contributed by atoms with Crippen LogP contribution in [0.25, 0.3) is 0 Å². The molecule has 0 unspecified atom stereocenters. The topological polar surface area (TPSA) is 73.6 Å². The van der Waals surface area contributed by atoms with Gasteiger partial charge in [0.2, 0.25) is 6.19 Å². The molecular weight excluding hydrogens is 390 g/mol. The normalized spacial score (nSPS) is 12.9. The fourth-order valence-electron chi connectivity index (χ4n) is 3.93. The van der Waals surface area contributed by atoms with Gasteiger partial charge in [-0.25, -0.2) is 5.01 Å². The standard InChI is InChI=1S/C25H29N3O3/c1-16-9-7-10-20(17(16)2)24(30)28(25(4,5)6)27(15-26)23(29)21-12-13-22-19(18(21)3)11-8-14-31-22/h7,9-10,12-13H,8,11,14H2,1-6H3. The molecule has 0 saturated carbocycles. The summed E-state index contributed by atoms with van der Waals surface area (Å²) in [5.41, 5.74) is 3.64. The highest BCUT2D eigenvalue weighted by Crippen LogP contribution is 2.31. The van der Waals surface area contributed by atoms with Gasteiger partial charge in [-0.05, 0) is 94.8 Å². The monoisotopic (exact) mass is 419 g/mol. The lowest BCUT2D eigenvalue weighted by Crippen LogP contribution is -2.56. The zero-order valence-corrected chi connectivity index (χ0v) is 19.1. The molecule has 0 fully saturated rings. The molecule has 0 saturated heterocycles. The number of nitrogens with zero attached hydrogens (tertiary/aromatic N) is 3. The molecule has 0 aromatic heterocycles. The smallest absolute Gasteiger partial charge is 0.286 e. The highest BCUT2D eigenvalue weighted by Gasteiger charge is 2.38. The summed E-state index contributed by atoms with van der Waals surface area (Å²) >= 11 is 0. The summed E-state index contributed by atoms with van der Waals surface area (Å²) in [5, 5.41) is 12.1. The molecule has 0 spiro atoms. The first-order valence-electron chi connectivity index (χ1n) is 10.5. The number of fused-ring (bicyclic) bond motifs is 1. The first-order chi connectivity index (χ1) is 14.6. The molecule has 1 aliphatic heterocycles. The Kier molecular flexibility index (Phi) is 6.08. The average Bonchev–Trinajstić information content (AvgIpc) is 2.72. The van der Waals surface area contributed by atoms with Gasteiger partial charge < -0.3 is 4.74 Å². The van der Waals surface area contributed by atoms with E-state index in [0.29, 0.717) is 17.7 Å². The van der Waals surface area contributed by atoms with Crippen LogP contribution in [0.15, 0.2) is 30.3 Å². The molecule has 2 aromatic carbocycles. The summed E-state index contributed by atoms with van der Waals surface area (Å²) in [6.45, 7) is 11.7. The van der Waals surface area contributed by atoms with Crippen molar-refractivity contribution in [2.45, 2.75) is 59.9 Å². The Morgan fingerprint density at radius 1 is 1.00 bits per heavy atom. The van der Waals surface area contributed by atoms with Crippen molar-refractivity contribution in [1.82, 2.24) is 10.0 Å². The number of carbonyl (C=O) groups is 2. The minimum absolute atomic E-state index is 0.387. The summed E-state index contributed by atoms with van der Waals surface area (Å²) in [6.07, 6.45) is 3.66. The maximum atomic E-state index is 13.6. The average molecular weight is 420 g/mol. The third kappa shape index (κ3) is 4.13. The molecule has 6 heteroatoms. The Morgan fingerprint density at radius 2 is 1.68 bits per heavy atom. The Bertz CT molecular complexity index is 1080. The predicted molar refractivity (Wildman–Crippen MR) is 119 cm³/mol. The van der Waals surface area contributed by atoms with Crippen LogP contribution in [0.1, 0.15) is 70.2 Å². The number of benzene rings is 2. The van der Waals surface area contributed by atoms with E-state index >= 15 is 0 Å². The summed E-state index contributed by atoms with van der Waals surface area (Å²) in [5.74, 6) is -0.132. The summed E-state index contributed by atoms with van der Waals surface area (Å²) in [7, 11) is 0. The largest absolute Gasteiger partial charge is 0.493 e. The number of hydrogen-bond acceptors (Lipinski definition) is 4. The van der Waals surface area contributed by atoms with Crippen LogP contribution < -0.4 is 4.74 Å². The van der Waals surface area contributed by atoms with Gasteiger partial charge in [0.1, 0.15) is 5.75 Å². The summed E-state index contributed by atoms with van der Waals surface area (Å²) in [4.78, 5) is 27.1. The molecule has 2 aromatic rings. The van der Waals surface area contributed by atoms with Crippen molar-refractivity contribution in [3.63, 3.8) is 0 Å². The van der Waals surface area contributed by atoms with Crippen molar-refractivity contribution >= 4 is 11.8 Å². The van der Waals surface area contributed by atoms with E-state index in [1.165, 1.54) is 5.01 Å². The quantitative estimate of drug-likeness (QED) is 0.401. The number of nitriles is 1. The van der Waals surface area contributed by atoms with E-state index in [1.54, 1.807) is 39.0 Å². The van der Waals surface area contributed by atoms with E-state index < -0.39 is 11.4 Å². The number of rotatable bonds is 2. The zero-order valence-electron chi connectivity index (χ0n) is 19.1. The van der Waals surface area contributed by atoms with Gasteiger partial charge in [0.15, 0.2) is 0 Å². The molecule has 2 amide bonds. The third-order valence-corrected chi connectivity index (χ3v) is 5.76. The van der Waals surface area contributed by atoms with Crippen LogP contribution in [-0.2, 0) is 6.42 Å². The molecule has 0 atom stereocenters. The van der Waals surface area contributed by atoms with Crippen LogP contribution in [-0.4, -0.2) is 34.0 Å². The van der Waals surface area contributed by atoms with Crippen LogP contribution in [0.5, 0.6) is 5.75 Å². The zero-order chi connectivity index (χ0) is 22.9. The lowest BCUT2D eigenvalue weighted by atomic mass is 9.95. The maximum absolute atomic E-state index is 13.6. The molecule has 31 heavy (non-hydrogen) atoms. The second-order valence-corrected chi connectivity index (χ2v) is 8.92. The second kappa shape index (κ2) is 8.43. The number of carbonyl (C=O) groups excluding carboxylic acids is 2. The number of hydrogen-bond donors (Lipinski definition) is 0. The van der Waals surface area contributed by atoms with Crippen LogP contribution in [0.4, 0.5) is 0 Å². The van der Waals surface area contributed by atoms with E-state index in [9.17, 15) is 14.9 Å². The van der Waals surface area contributed by atoms with E-state index in [1.807, 2.05) is 39.1 Å². The second-order valence-electron chi connectivity index (χ2n) is 8.92. The maximum Gasteiger partial charge on any atom is 0.286 e. The highest BCUT2D eigenvalue weighted by molar-refractivity contribution is 6.01. The van der Waals surface area contributed by atoms with Crippen LogP contribution in [0, 0.1) is 32.2 Å². The Labute approximate surface area is 184 Å². The molecular formula is C25H29N3O3. The van der Waals surface area contributed by atoms with Crippen molar-refractivity contribution < 1.29 is 14.3 Å². The lowest BCUT2D eigenvalue weighted by molar-refractivity contribution is -0.0168. The first kappa shape index (κ1) is 22.4. The van der Waals surface area contributed by atoms with Gasteiger partial charge in [-0.1, -0.05) is 12.1 Å². The highest BCUT2D eigenvalue weighted by atomic mass is 16.5. The summed E-state index contributed by atoms with van der Waals surface area (Å²) in [6, 6.07) is 8.92. The number of aryl methyl sites for hydroxylation is 1. The van der Waals surface area contributed by atoms with Gasteiger partial charge in [-0.2, -0.15) is 5.26 Å². The van der Waals surface area contributed by atoms with Crippen LogP contribution in [0.2, 0.25) is 0 Å².